The molecule has 0 atom stereocenters. The lowest BCUT2D eigenvalue weighted by atomic mass is 10.1. The van der Waals surface area contributed by atoms with E-state index < -0.39 is 0 Å². The number of aryl methyl sites for hydroxylation is 1. The van der Waals surface area contributed by atoms with E-state index in [2.05, 4.69) is 0 Å². The van der Waals surface area contributed by atoms with Gasteiger partial charge >= 0.3 is 0 Å². The number of rotatable bonds is 5. The lowest BCUT2D eigenvalue weighted by molar-refractivity contribution is -0.107. The van der Waals surface area contributed by atoms with Crippen LogP contribution in [-0.4, -0.2) is 12.6 Å². The maximum Gasteiger partial charge on any atom is 0.150 e. The Balaban J connectivity index is 2.48. The third-order valence-corrected chi connectivity index (χ3v) is 1.90. The minimum absolute atomic E-state index is 0.607. The Labute approximate surface area is 77.6 Å². The van der Waals surface area contributed by atoms with Gasteiger partial charge in [-0.25, -0.2) is 0 Å². The average molecular weight is 176 g/mol. The first-order chi connectivity index (χ1) is 6.36. The molecule has 0 heterocycles. The van der Waals surface area contributed by atoms with Crippen molar-refractivity contribution in [1.82, 2.24) is 0 Å². The van der Waals surface area contributed by atoms with E-state index in [9.17, 15) is 9.59 Å². The van der Waals surface area contributed by atoms with Crippen LogP contribution in [-0.2, 0) is 11.2 Å². The quantitative estimate of drug-likeness (QED) is 0.508. The van der Waals surface area contributed by atoms with Crippen molar-refractivity contribution in [1.29, 1.82) is 0 Å². The fraction of sp³-hybridized carbons (Fsp3) is 0.273. The predicted molar refractivity (Wildman–Crippen MR) is 50.8 cm³/mol. The van der Waals surface area contributed by atoms with Crippen LogP contribution in [0.1, 0.15) is 28.8 Å². The molecule has 13 heavy (non-hydrogen) atoms. The molecule has 68 valence electrons. The van der Waals surface area contributed by atoms with Gasteiger partial charge in [-0.1, -0.05) is 24.3 Å². The van der Waals surface area contributed by atoms with Crippen LogP contribution in [0.15, 0.2) is 24.3 Å². The Morgan fingerprint density at radius 1 is 1.08 bits per heavy atom. The minimum atomic E-state index is 0.607. The molecule has 0 radical (unpaired) electrons. The second-order valence-corrected chi connectivity index (χ2v) is 2.92. The van der Waals surface area contributed by atoms with E-state index in [0.29, 0.717) is 12.0 Å². The number of hydrogen-bond donors (Lipinski definition) is 0. The van der Waals surface area contributed by atoms with Crippen LogP contribution in [0.25, 0.3) is 0 Å². The summed E-state index contributed by atoms with van der Waals surface area (Å²) in [5, 5.41) is 0. The molecule has 0 aromatic heterocycles. The molecule has 0 fully saturated rings. The van der Waals surface area contributed by atoms with E-state index in [1.807, 2.05) is 12.1 Å². The molecule has 0 N–H and O–H groups in total. The topological polar surface area (TPSA) is 34.1 Å². The SMILES string of the molecule is O=CCCCc1ccc(C=O)cc1. The van der Waals surface area contributed by atoms with Crippen LogP contribution in [0.2, 0.25) is 0 Å². The normalized spacial score (nSPS) is 9.54. The molecule has 0 amide bonds. The van der Waals surface area contributed by atoms with Crippen LogP contribution in [0.3, 0.4) is 0 Å². The molecule has 1 rings (SSSR count). The summed E-state index contributed by atoms with van der Waals surface area (Å²) in [6.45, 7) is 0. The third-order valence-electron chi connectivity index (χ3n) is 1.90. The van der Waals surface area contributed by atoms with Crippen molar-refractivity contribution >= 4 is 12.6 Å². The van der Waals surface area contributed by atoms with Gasteiger partial charge in [0, 0.05) is 12.0 Å². The Hall–Kier alpha value is -1.44. The highest BCUT2D eigenvalue weighted by Gasteiger charge is 1.93. The summed E-state index contributed by atoms with van der Waals surface area (Å²) >= 11 is 0. The van der Waals surface area contributed by atoms with E-state index in [-0.39, 0.29) is 0 Å². The number of benzene rings is 1. The van der Waals surface area contributed by atoms with Gasteiger partial charge in [-0.3, -0.25) is 4.79 Å². The molecule has 0 aliphatic heterocycles. The summed E-state index contributed by atoms with van der Waals surface area (Å²) in [5.41, 5.74) is 1.87. The molecule has 2 nitrogen and oxygen atoms in total. The Morgan fingerprint density at radius 3 is 2.31 bits per heavy atom. The highest BCUT2D eigenvalue weighted by atomic mass is 16.1. The summed E-state index contributed by atoms with van der Waals surface area (Å²) in [6.07, 6.45) is 4.15. The third kappa shape index (κ3) is 3.20. The number of unbranched alkanes of at least 4 members (excludes halogenated alkanes) is 1. The minimum Gasteiger partial charge on any atom is -0.303 e. The molecule has 0 spiro atoms. The van der Waals surface area contributed by atoms with Crippen LogP contribution in [0.4, 0.5) is 0 Å². The van der Waals surface area contributed by atoms with Crippen LogP contribution in [0, 0.1) is 0 Å². The van der Waals surface area contributed by atoms with Crippen molar-refractivity contribution in [3.8, 4) is 0 Å². The van der Waals surface area contributed by atoms with E-state index in [4.69, 9.17) is 0 Å². The number of carbonyl (C=O) groups excluding carboxylic acids is 2. The van der Waals surface area contributed by atoms with Gasteiger partial charge in [0.2, 0.25) is 0 Å². The maximum absolute atomic E-state index is 10.3. The van der Waals surface area contributed by atoms with Gasteiger partial charge in [0.1, 0.15) is 12.6 Å². The Kier molecular flexibility index (Phi) is 3.89. The van der Waals surface area contributed by atoms with E-state index >= 15 is 0 Å². The molecule has 1 aromatic rings. The van der Waals surface area contributed by atoms with Crippen molar-refractivity contribution in [3.05, 3.63) is 35.4 Å². The highest BCUT2D eigenvalue weighted by Crippen LogP contribution is 2.05. The first kappa shape index (κ1) is 9.65. The van der Waals surface area contributed by atoms with Crippen LogP contribution < -0.4 is 0 Å². The molecule has 0 saturated carbocycles. The predicted octanol–water partition coefficient (Wildman–Crippen LogP) is 2.02. The smallest absolute Gasteiger partial charge is 0.150 e. The second-order valence-electron chi connectivity index (χ2n) is 2.92. The zero-order valence-corrected chi connectivity index (χ0v) is 7.40. The first-order valence-corrected chi connectivity index (χ1v) is 4.34. The largest absolute Gasteiger partial charge is 0.303 e. The van der Waals surface area contributed by atoms with Gasteiger partial charge in [0.25, 0.3) is 0 Å². The molecule has 1 aromatic carbocycles. The molecule has 0 aliphatic carbocycles. The molecule has 0 bridgehead atoms. The molecule has 0 unspecified atom stereocenters. The van der Waals surface area contributed by atoms with Crippen molar-refractivity contribution in [2.75, 3.05) is 0 Å². The lowest BCUT2D eigenvalue weighted by Crippen LogP contribution is -1.87. The summed E-state index contributed by atoms with van der Waals surface area (Å²) in [4.78, 5) is 20.4. The molecule has 0 aliphatic rings. The summed E-state index contributed by atoms with van der Waals surface area (Å²) in [6, 6.07) is 7.44. The Bertz CT molecular complexity index is 275. The van der Waals surface area contributed by atoms with Crippen LogP contribution in [0.5, 0.6) is 0 Å². The van der Waals surface area contributed by atoms with Crippen molar-refractivity contribution in [3.63, 3.8) is 0 Å². The first-order valence-electron chi connectivity index (χ1n) is 4.34. The highest BCUT2D eigenvalue weighted by molar-refractivity contribution is 5.74. The average Bonchev–Trinajstić information content (AvgIpc) is 2.19. The number of carbonyl (C=O) groups is 2. The van der Waals surface area contributed by atoms with Crippen molar-refractivity contribution in [2.24, 2.45) is 0 Å². The van der Waals surface area contributed by atoms with Gasteiger partial charge in [0.05, 0.1) is 0 Å². The van der Waals surface area contributed by atoms with E-state index in [1.165, 1.54) is 5.56 Å². The summed E-state index contributed by atoms with van der Waals surface area (Å²) in [7, 11) is 0. The van der Waals surface area contributed by atoms with Gasteiger partial charge in [-0.2, -0.15) is 0 Å². The van der Waals surface area contributed by atoms with E-state index in [0.717, 1.165) is 25.4 Å². The monoisotopic (exact) mass is 176 g/mol. The fourth-order valence-electron chi connectivity index (χ4n) is 1.15. The molecular formula is C11H12O2. The maximum atomic E-state index is 10.3. The van der Waals surface area contributed by atoms with Crippen molar-refractivity contribution < 1.29 is 9.59 Å². The van der Waals surface area contributed by atoms with Gasteiger partial charge < -0.3 is 4.79 Å². The number of hydrogen-bond acceptors (Lipinski definition) is 2. The second kappa shape index (κ2) is 5.25. The van der Waals surface area contributed by atoms with Gasteiger partial charge in [-0.15, -0.1) is 0 Å². The summed E-state index contributed by atoms with van der Waals surface area (Å²) in [5.74, 6) is 0. The van der Waals surface area contributed by atoms with Gasteiger partial charge in [0.15, 0.2) is 0 Å². The van der Waals surface area contributed by atoms with Gasteiger partial charge in [-0.05, 0) is 18.4 Å². The fourth-order valence-corrected chi connectivity index (χ4v) is 1.15. The lowest BCUT2D eigenvalue weighted by Gasteiger charge is -1.98. The molecule has 0 saturated heterocycles. The standard InChI is InChI=1S/C11H12O2/c12-8-2-1-3-10-4-6-11(9-13)7-5-10/h4-9H,1-3H2. The molecular weight excluding hydrogens is 164 g/mol. The molecule has 2 heteroatoms. The number of aldehydes is 2. The zero-order valence-electron chi connectivity index (χ0n) is 7.40. The van der Waals surface area contributed by atoms with Crippen molar-refractivity contribution in [2.45, 2.75) is 19.3 Å². The zero-order chi connectivity index (χ0) is 9.52. The Morgan fingerprint density at radius 2 is 1.77 bits per heavy atom. The van der Waals surface area contributed by atoms with E-state index in [1.54, 1.807) is 12.1 Å². The summed E-state index contributed by atoms with van der Waals surface area (Å²) < 4.78 is 0. The van der Waals surface area contributed by atoms with Crippen LogP contribution >= 0.6 is 0 Å².